The summed E-state index contributed by atoms with van der Waals surface area (Å²) in [6, 6.07) is 15.7. The average Bonchev–Trinajstić information content (AvgIpc) is 2.88. The molecule has 1 aliphatic heterocycles. The van der Waals surface area contributed by atoms with E-state index in [0.717, 1.165) is 73.4 Å². The summed E-state index contributed by atoms with van der Waals surface area (Å²) in [5.74, 6) is 1.53. The minimum absolute atomic E-state index is 0.0279. The highest BCUT2D eigenvalue weighted by Crippen LogP contribution is 2.28. The van der Waals surface area contributed by atoms with E-state index < -0.39 is 0 Å². The van der Waals surface area contributed by atoms with Crippen LogP contribution in [0.1, 0.15) is 35.8 Å². The molecule has 0 aliphatic carbocycles. The summed E-state index contributed by atoms with van der Waals surface area (Å²) in [6.07, 6.45) is 3.00. The fourth-order valence-electron chi connectivity index (χ4n) is 3.89. The Morgan fingerprint density at radius 2 is 1.79 bits per heavy atom. The summed E-state index contributed by atoms with van der Waals surface area (Å²) in [7, 11) is 0. The van der Waals surface area contributed by atoms with E-state index in [-0.39, 0.29) is 12.4 Å². The number of para-hydroxylation sites is 1. The number of nitrogens with one attached hydrogen (secondary N) is 1. The molecule has 2 aromatic carbocycles. The quantitative estimate of drug-likeness (QED) is 0.460. The maximum atomic E-state index is 13.1. The number of carbonyl (C=O) groups excluding carboxylic acids is 1. The molecule has 0 bridgehead atoms. The highest BCUT2D eigenvalue weighted by Gasteiger charge is 2.23. The zero-order valence-corrected chi connectivity index (χ0v) is 16.9. The van der Waals surface area contributed by atoms with Crippen LogP contribution >= 0.6 is 0 Å². The molecule has 5 nitrogen and oxygen atoms in total. The molecule has 0 spiro atoms. The number of ether oxygens (including phenoxy) is 2. The van der Waals surface area contributed by atoms with Gasteiger partial charge in [0.1, 0.15) is 11.5 Å². The zero-order chi connectivity index (χ0) is 20.1. The summed E-state index contributed by atoms with van der Waals surface area (Å²) in [5, 5.41) is 4.44. The second-order valence-corrected chi connectivity index (χ2v) is 7.38. The number of ketones is 1. The van der Waals surface area contributed by atoms with Crippen molar-refractivity contribution in [1.29, 1.82) is 0 Å². The van der Waals surface area contributed by atoms with E-state index in [2.05, 4.69) is 22.9 Å². The molecule has 1 N–H and O–H groups in total. The van der Waals surface area contributed by atoms with Gasteiger partial charge in [0.25, 0.3) is 0 Å². The minimum atomic E-state index is 0.0279. The van der Waals surface area contributed by atoms with E-state index >= 15 is 0 Å². The number of rotatable bonds is 8. The first-order valence-electron chi connectivity index (χ1n) is 10.5. The number of aromatic nitrogens is 1. The molecule has 0 radical (unpaired) electrons. The number of carbonyl (C=O) groups is 1. The number of fused-ring (bicyclic) bond motifs is 3. The van der Waals surface area contributed by atoms with Crippen LogP contribution in [0, 0.1) is 0 Å². The molecule has 4 rings (SSSR count). The smallest absolute Gasteiger partial charge is 0.202 e. The van der Waals surface area contributed by atoms with Gasteiger partial charge in [0.05, 0.1) is 12.2 Å². The van der Waals surface area contributed by atoms with Crippen molar-refractivity contribution in [2.45, 2.75) is 32.7 Å². The number of benzene rings is 2. The molecule has 1 aliphatic rings. The Bertz CT molecular complexity index is 976. The van der Waals surface area contributed by atoms with Gasteiger partial charge in [-0.15, -0.1) is 0 Å². The lowest BCUT2D eigenvalue weighted by Crippen LogP contribution is -2.17. The Morgan fingerprint density at radius 1 is 1.03 bits per heavy atom. The molecule has 0 fully saturated rings. The lowest BCUT2D eigenvalue weighted by atomic mass is 10.1. The highest BCUT2D eigenvalue weighted by atomic mass is 16.5. The normalized spacial score (nSPS) is 13.7. The molecular formula is C24H28N2O3. The minimum Gasteiger partial charge on any atom is -0.494 e. The van der Waals surface area contributed by atoms with Gasteiger partial charge in [-0.1, -0.05) is 31.5 Å². The molecule has 0 atom stereocenters. The molecular weight excluding hydrogens is 364 g/mol. The number of unbranched alkanes of at least 4 members (excludes halogenated alkanes) is 1. The van der Waals surface area contributed by atoms with Gasteiger partial charge in [0, 0.05) is 42.7 Å². The van der Waals surface area contributed by atoms with Crippen LogP contribution in [-0.4, -0.2) is 36.7 Å². The molecule has 5 heteroatoms. The van der Waals surface area contributed by atoms with Gasteiger partial charge in [-0.25, -0.2) is 0 Å². The number of Topliss-reactive ketones (excluding diaryl/α,β-unsaturated/α-hetero) is 1. The molecule has 3 aromatic rings. The summed E-state index contributed by atoms with van der Waals surface area (Å²) < 4.78 is 13.8. The SMILES string of the molecule is CCCCOc1ccc(OCC(=O)c2c3n(c4ccccc24)CCNCC3)cc1. The van der Waals surface area contributed by atoms with Gasteiger partial charge in [-0.3, -0.25) is 4.79 Å². The summed E-state index contributed by atoms with van der Waals surface area (Å²) in [4.78, 5) is 13.1. The fourth-order valence-corrected chi connectivity index (χ4v) is 3.89. The maximum Gasteiger partial charge on any atom is 0.202 e. The van der Waals surface area contributed by atoms with Crippen molar-refractivity contribution >= 4 is 16.7 Å². The van der Waals surface area contributed by atoms with Crippen LogP contribution < -0.4 is 14.8 Å². The van der Waals surface area contributed by atoms with E-state index in [9.17, 15) is 4.79 Å². The average molecular weight is 392 g/mol. The Balaban J connectivity index is 1.49. The molecule has 0 unspecified atom stereocenters. The van der Waals surface area contributed by atoms with Gasteiger partial charge in [0.15, 0.2) is 6.61 Å². The van der Waals surface area contributed by atoms with Crippen LogP contribution in [0.3, 0.4) is 0 Å². The Kier molecular flexibility index (Phi) is 6.15. The van der Waals surface area contributed by atoms with Crippen LogP contribution in [0.25, 0.3) is 10.9 Å². The maximum absolute atomic E-state index is 13.1. The van der Waals surface area contributed by atoms with Crippen LogP contribution in [0.2, 0.25) is 0 Å². The predicted octanol–water partition coefficient (Wildman–Crippen LogP) is 4.23. The van der Waals surface area contributed by atoms with E-state index in [0.29, 0.717) is 5.75 Å². The zero-order valence-electron chi connectivity index (χ0n) is 16.9. The van der Waals surface area contributed by atoms with E-state index in [1.54, 1.807) is 0 Å². The van der Waals surface area contributed by atoms with E-state index in [1.165, 1.54) is 0 Å². The van der Waals surface area contributed by atoms with Gasteiger partial charge in [-0.05, 0) is 36.8 Å². The Labute approximate surface area is 171 Å². The summed E-state index contributed by atoms with van der Waals surface area (Å²) in [6.45, 7) is 5.57. The Hall–Kier alpha value is -2.79. The molecule has 0 saturated carbocycles. The van der Waals surface area contributed by atoms with Gasteiger partial charge in [-0.2, -0.15) is 0 Å². The van der Waals surface area contributed by atoms with Gasteiger partial charge in [0.2, 0.25) is 5.78 Å². The lowest BCUT2D eigenvalue weighted by Gasteiger charge is -2.09. The van der Waals surface area contributed by atoms with Gasteiger partial charge < -0.3 is 19.4 Å². The van der Waals surface area contributed by atoms with Crippen LogP contribution in [0.15, 0.2) is 48.5 Å². The Morgan fingerprint density at radius 3 is 2.59 bits per heavy atom. The van der Waals surface area contributed by atoms with E-state index in [4.69, 9.17) is 9.47 Å². The fraction of sp³-hybridized carbons (Fsp3) is 0.375. The third-order valence-electron chi connectivity index (χ3n) is 5.37. The second kappa shape index (κ2) is 9.14. The number of hydrogen-bond donors (Lipinski definition) is 1. The molecule has 152 valence electrons. The monoisotopic (exact) mass is 392 g/mol. The van der Waals surface area contributed by atoms with Crippen LogP contribution in [-0.2, 0) is 13.0 Å². The molecule has 2 heterocycles. The van der Waals surface area contributed by atoms with Gasteiger partial charge >= 0.3 is 0 Å². The number of nitrogens with zero attached hydrogens (tertiary/aromatic N) is 1. The van der Waals surface area contributed by atoms with E-state index in [1.807, 2.05) is 42.5 Å². The molecule has 1 aromatic heterocycles. The van der Waals surface area contributed by atoms with Crippen molar-refractivity contribution in [2.24, 2.45) is 0 Å². The summed E-state index contributed by atoms with van der Waals surface area (Å²) in [5.41, 5.74) is 3.05. The van der Waals surface area contributed by atoms with Crippen molar-refractivity contribution in [1.82, 2.24) is 9.88 Å². The largest absolute Gasteiger partial charge is 0.494 e. The molecule has 0 saturated heterocycles. The topological polar surface area (TPSA) is 52.5 Å². The molecule has 0 amide bonds. The first-order chi connectivity index (χ1) is 14.3. The molecule has 29 heavy (non-hydrogen) atoms. The predicted molar refractivity (Wildman–Crippen MR) is 115 cm³/mol. The summed E-state index contributed by atoms with van der Waals surface area (Å²) >= 11 is 0. The third-order valence-corrected chi connectivity index (χ3v) is 5.37. The third kappa shape index (κ3) is 4.30. The van der Waals surface area contributed by atoms with Crippen LogP contribution in [0.5, 0.6) is 11.5 Å². The number of hydrogen-bond acceptors (Lipinski definition) is 4. The standard InChI is InChI=1S/C24H28N2O3/c1-2-3-16-28-18-8-10-19(11-9-18)29-17-23(27)24-20-6-4-5-7-21(20)26-15-14-25-13-12-22(24)26/h4-11,25H,2-3,12-17H2,1H3. The highest BCUT2D eigenvalue weighted by molar-refractivity contribution is 6.10. The lowest BCUT2D eigenvalue weighted by molar-refractivity contribution is 0.0922. The van der Waals surface area contributed by atoms with Crippen molar-refractivity contribution in [3.8, 4) is 11.5 Å². The first kappa shape index (κ1) is 19.5. The van der Waals surface area contributed by atoms with Crippen molar-refractivity contribution in [2.75, 3.05) is 26.3 Å². The van der Waals surface area contributed by atoms with Crippen molar-refractivity contribution in [3.63, 3.8) is 0 Å². The van der Waals surface area contributed by atoms with Crippen molar-refractivity contribution in [3.05, 3.63) is 59.8 Å². The van der Waals surface area contributed by atoms with Crippen LogP contribution in [0.4, 0.5) is 0 Å². The van der Waals surface area contributed by atoms with Crippen molar-refractivity contribution < 1.29 is 14.3 Å². The first-order valence-corrected chi connectivity index (χ1v) is 10.5. The second-order valence-electron chi connectivity index (χ2n) is 7.38.